The number of nitrogens with zero attached hydrogens (tertiary/aromatic N) is 2. The van der Waals surface area contributed by atoms with Crippen LogP contribution in [0.2, 0.25) is 0 Å². The van der Waals surface area contributed by atoms with E-state index in [1.54, 1.807) is 28.9 Å². The molecule has 0 aliphatic heterocycles. The number of hydrogen-bond donors (Lipinski definition) is 2. The first-order valence-electron chi connectivity index (χ1n) is 5.70. The Labute approximate surface area is 111 Å². The number of benzene rings is 1. The zero-order valence-electron chi connectivity index (χ0n) is 10.1. The molecular formula is C13H15N3OS. The molecule has 0 saturated carbocycles. The van der Waals surface area contributed by atoms with Crippen LogP contribution in [0.15, 0.2) is 41.6 Å². The SMILES string of the molecule is Cn1cc(CCNC(=O)c2ccc(S)cc2)cn1. The van der Waals surface area contributed by atoms with E-state index in [1.807, 2.05) is 19.4 Å². The van der Waals surface area contributed by atoms with Gasteiger partial charge in [0, 0.05) is 30.2 Å². The molecule has 1 heterocycles. The lowest BCUT2D eigenvalue weighted by molar-refractivity contribution is 0.0954. The molecule has 0 bridgehead atoms. The Morgan fingerprint density at radius 1 is 1.39 bits per heavy atom. The summed E-state index contributed by atoms with van der Waals surface area (Å²) in [6, 6.07) is 7.14. The van der Waals surface area contributed by atoms with Crippen molar-refractivity contribution in [2.24, 2.45) is 7.05 Å². The quantitative estimate of drug-likeness (QED) is 0.823. The molecule has 1 amide bonds. The third kappa shape index (κ3) is 3.37. The third-order valence-electron chi connectivity index (χ3n) is 2.59. The normalized spacial score (nSPS) is 10.3. The van der Waals surface area contributed by atoms with E-state index in [0.29, 0.717) is 12.1 Å². The van der Waals surface area contributed by atoms with Crippen LogP contribution >= 0.6 is 12.6 Å². The van der Waals surface area contributed by atoms with E-state index in [9.17, 15) is 4.79 Å². The molecule has 4 nitrogen and oxygen atoms in total. The highest BCUT2D eigenvalue weighted by Crippen LogP contribution is 2.07. The maximum Gasteiger partial charge on any atom is 0.251 e. The van der Waals surface area contributed by atoms with Crippen molar-refractivity contribution in [1.82, 2.24) is 15.1 Å². The molecule has 0 aliphatic rings. The molecular weight excluding hydrogens is 246 g/mol. The molecule has 5 heteroatoms. The van der Waals surface area contributed by atoms with Gasteiger partial charge >= 0.3 is 0 Å². The maximum atomic E-state index is 11.8. The molecule has 0 fully saturated rings. The lowest BCUT2D eigenvalue weighted by atomic mass is 10.2. The average molecular weight is 261 g/mol. The van der Waals surface area contributed by atoms with Gasteiger partial charge in [-0.05, 0) is 36.2 Å². The fraction of sp³-hybridized carbons (Fsp3) is 0.231. The number of aromatic nitrogens is 2. The largest absolute Gasteiger partial charge is 0.352 e. The molecule has 0 radical (unpaired) electrons. The average Bonchev–Trinajstić information content (AvgIpc) is 2.76. The minimum Gasteiger partial charge on any atom is -0.352 e. The standard InChI is InChI=1S/C13H15N3OS/c1-16-9-10(8-15-16)6-7-14-13(17)11-2-4-12(18)5-3-11/h2-5,8-9,18H,6-7H2,1H3,(H,14,17). The summed E-state index contributed by atoms with van der Waals surface area (Å²) in [4.78, 5) is 12.6. The third-order valence-corrected chi connectivity index (χ3v) is 2.89. The lowest BCUT2D eigenvalue weighted by Gasteiger charge is -2.04. The molecule has 94 valence electrons. The van der Waals surface area contributed by atoms with Crippen molar-refractivity contribution in [1.29, 1.82) is 0 Å². The number of nitrogens with one attached hydrogen (secondary N) is 1. The summed E-state index contributed by atoms with van der Waals surface area (Å²) in [5.41, 5.74) is 1.77. The van der Waals surface area contributed by atoms with Crippen molar-refractivity contribution in [3.05, 3.63) is 47.8 Å². The van der Waals surface area contributed by atoms with Crippen molar-refractivity contribution in [2.75, 3.05) is 6.54 Å². The Bertz CT molecular complexity index is 533. The summed E-state index contributed by atoms with van der Waals surface area (Å²) in [5.74, 6) is -0.0628. The van der Waals surface area contributed by atoms with Crippen molar-refractivity contribution >= 4 is 18.5 Å². The van der Waals surface area contributed by atoms with Gasteiger partial charge in [0.1, 0.15) is 0 Å². The number of hydrogen-bond acceptors (Lipinski definition) is 3. The Hall–Kier alpha value is -1.75. The zero-order chi connectivity index (χ0) is 13.0. The minimum absolute atomic E-state index is 0.0628. The number of rotatable bonds is 4. The highest BCUT2D eigenvalue weighted by molar-refractivity contribution is 7.80. The van der Waals surface area contributed by atoms with Gasteiger partial charge in [-0.15, -0.1) is 12.6 Å². The van der Waals surface area contributed by atoms with Crippen molar-refractivity contribution in [2.45, 2.75) is 11.3 Å². The summed E-state index contributed by atoms with van der Waals surface area (Å²) < 4.78 is 1.75. The van der Waals surface area contributed by atoms with Gasteiger partial charge in [-0.1, -0.05) is 0 Å². The van der Waals surface area contributed by atoms with Gasteiger partial charge in [-0.2, -0.15) is 5.10 Å². The predicted octanol–water partition coefficient (Wildman–Crippen LogP) is 1.68. The van der Waals surface area contributed by atoms with Crippen LogP contribution in [0, 0.1) is 0 Å². The summed E-state index contributed by atoms with van der Waals surface area (Å²) >= 11 is 4.18. The van der Waals surface area contributed by atoms with Crippen LogP contribution in [0.4, 0.5) is 0 Å². The Morgan fingerprint density at radius 3 is 2.72 bits per heavy atom. The molecule has 0 unspecified atom stereocenters. The second-order valence-corrected chi connectivity index (χ2v) is 4.59. The lowest BCUT2D eigenvalue weighted by Crippen LogP contribution is -2.25. The predicted molar refractivity (Wildman–Crippen MR) is 72.9 cm³/mol. The van der Waals surface area contributed by atoms with Crippen LogP contribution in [0.1, 0.15) is 15.9 Å². The number of aryl methyl sites for hydroxylation is 1. The molecule has 2 rings (SSSR count). The number of amides is 1. The zero-order valence-corrected chi connectivity index (χ0v) is 11.0. The molecule has 0 spiro atoms. The van der Waals surface area contributed by atoms with Gasteiger partial charge in [0.25, 0.3) is 5.91 Å². The van der Waals surface area contributed by atoms with Gasteiger partial charge in [0.05, 0.1) is 6.20 Å². The number of carbonyl (C=O) groups excluding carboxylic acids is 1. The number of carbonyl (C=O) groups is 1. The van der Waals surface area contributed by atoms with Crippen LogP contribution in [-0.2, 0) is 13.5 Å². The molecule has 0 saturated heterocycles. The maximum absolute atomic E-state index is 11.8. The smallest absolute Gasteiger partial charge is 0.251 e. The van der Waals surface area contributed by atoms with Crippen molar-refractivity contribution < 1.29 is 4.79 Å². The van der Waals surface area contributed by atoms with Crippen LogP contribution in [0.5, 0.6) is 0 Å². The highest BCUT2D eigenvalue weighted by atomic mass is 32.1. The first-order valence-corrected chi connectivity index (χ1v) is 6.14. The summed E-state index contributed by atoms with van der Waals surface area (Å²) in [7, 11) is 1.88. The van der Waals surface area contributed by atoms with Crippen LogP contribution in [0.25, 0.3) is 0 Å². The van der Waals surface area contributed by atoms with E-state index in [0.717, 1.165) is 16.9 Å². The van der Waals surface area contributed by atoms with Crippen molar-refractivity contribution in [3.8, 4) is 0 Å². The monoisotopic (exact) mass is 261 g/mol. The fourth-order valence-corrected chi connectivity index (χ4v) is 1.79. The number of thiol groups is 1. The van der Waals surface area contributed by atoms with Crippen LogP contribution < -0.4 is 5.32 Å². The van der Waals surface area contributed by atoms with E-state index >= 15 is 0 Å². The summed E-state index contributed by atoms with van der Waals surface area (Å²) in [6.45, 7) is 0.604. The second kappa shape index (κ2) is 5.73. The van der Waals surface area contributed by atoms with Crippen LogP contribution in [-0.4, -0.2) is 22.2 Å². The fourth-order valence-electron chi connectivity index (χ4n) is 1.64. The second-order valence-electron chi connectivity index (χ2n) is 4.08. The van der Waals surface area contributed by atoms with E-state index in [-0.39, 0.29) is 5.91 Å². The van der Waals surface area contributed by atoms with Gasteiger partial charge in [0.2, 0.25) is 0 Å². The Balaban J connectivity index is 1.83. The van der Waals surface area contributed by atoms with Crippen LogP contribution in [0.3, 0.4) is 0 Å². The first-order chi connectivity index (χ1) is 8.65. The Morgan fingerprint density at radius 2 is 2.11 bits per heavy atom. The highest BCUT2D eigenvalue weighted by Gasteiger charge is 2.04. The summed E-state index contributed by atoms with van der Waals surface area (Å²) in [6.07, 6.45) is 4.54. The van der Waals surface area contributed by atoms with Crippen molar-refractivity contribution in [3.63, 3.8) is 0 Å². The first kappa shape index (κ1) is 12.7. The molecule has 1 aromatic heterocycles. The molecule has 18 heavy (non-hydrogen) atoms. The van der Waals surface area contributed by atoms with Gasteiger partial charge in [0.15, 0.2) is 0 Å². The van der Waals surface area contributed by atoms with E-state index in [1.165, 1.54) is 0 Å². The van der Waals surface area contributed by atoms with Gasteiger partial charge < -0.3 is 5.32 Å². The molecule has 1 aromatic carbocycles. The topological polar surface area (TPSA) is 46.9 Å². The van der Waals surface area contributed by atoms with E-state index < -0.39 is 0 Å². The molecule has 0 aliphatic carbocycles. The Kier molecular flexibility index (Phi) is 4.04. The molecule has 2 aromatic rings. The van der Waals surface area contributed by atoms with E-state index in [2.05, 4.69) is 23.0 Å². The molecule has 0 atom stereocenters. The van der Waals surface area contributed by atoms with E-state index in [4.69, 9.17) is 0 Å². The van der Waals surface area contributed by atoms with Gasteiger partial charge in [-0.25, -0.2) is 0 Å². The summed E-state index contributed by atoms with van der Waals surface area (Å²) in [5, 5.41) is 6.95. The van der Waals surface area contributed by atoms with Gasteiger partial charge in [-0.3, -0.25) is 9.48 Å². The molecule has 1 N–H and O–H groups in total. The minimum atomic E-state index is -0.0628.